The number of rotatable bonds is 12. The van der Waals surface area contributed by atoms with E-state index in [0.29, 0.717) is 31.6 Å². The van der Waals surface area contributed by atoms with Crippen LogP contribution < -0.4 is 9.62 Å². The van der Waals surface area contributed by atoms with Crippen LogP contribution in [0.3, 0.4) is 0 Å². The number of anilines is 1. The van der Waals surface area contributed by atoms with E-state index in [0.717, 1.165) is 16.7 Å². The molecule has 0 saturated heterocycles. The second-order valence-electron chi connectivity index (χ2n) is 8.60. The van der Waals surface area contributed by atoms with E-state index >= 15 is 0 Å². The first kappa shape index (κ1) is 27.4. The lowest BCUT2D eigenvalue weighted by Crippen LogP contribution is -2.49. The monoisotopic (exact) mass is 487 g/mol. The topological polar surface area (TPSA) is 86.8 Å². The van der Waals surface area contributed by atoms with Gasteiger partial charge in [-0.1, -0.05) is 54.4 Å². The van der Waals surface area contributed by atoms with Gasteiger partial charge in [-0.25, -0.2) is 8.42 Å². The number of nitrogens with one attached hydrogen (secondary N) is 1. The van der Waals surface area contributed by atoms with Gasteiger partial charge in [-0.2, -0.15) is 0 Å². The largest absolute Gasteiger partial charge is 0.355 e. The summed E-state index contributed by atoms with van der Waals surface area (Å²) >= 11 is 0. The van der Waals surface area contributed by atoms with E-state index in [1.165, 1.54) is 10.6 Å². The molecule has 2 amide bonds. The average Bonchev–Trinajstić information content (AvgIpc) is 2.78. The van der Waals surface area contributed by atoms with Crippen LogP contribution in [0.5, 0.6) is 0 Å². The lowest BCUT2D eigenvalue weighted by atomic mass is 10.1. The number of carbonyl (C=O) groups excluding carboxylic acids is 2. The van der Waals surface area contributed by atoms with Crippen molar-refractivity contribution in [1.29, 1.82) is 0 Å². The molecule has 0 aliphatic heterocycles. The third-order valence-electron chi connectivity index (χ3n) is 5.68. The summed E-state index contributed by atoms with van der Waals surface area (Å²) in [6.45, 7) is 8.67. The van der Waals surface area contributed by atoms with Crippen LogP contribution in [0.25, 0.3) is 0 Å². The first-order valence-electron chi connectivity index (χ1n) is 11.7. The van der Waals surface area contributed by atoms with Gasteiger partial charge in [0.2, 0.25) is 21.8 Å². The van der Waals surface area contributed by atoms with Crippen LogP contribution in [-0.2, 0) is 26.2 Å². The molecule has 0 aliphatic carbocycles. The molecule has 186 valence electrons. The van der Waals surface area contributed by atoms with Gasteiger partial charge in [0.1, 0.15) is 6.04 Å². The second kappa shape index (κ2) is 12.6. The van der Waals surface area contributed by atoms with Crippen LogP contribution in [0, 0.1) is 13.8 Å². The number of amides is 2. The van der Waals surface area contributed by atoms with Crippen molar-refractivity contribution in [1.82, 2.24) is 10.2 Å². The maximum atomic E-state index is 13.3. The SMILES string of the molecule is CCNC(=O)C(CC)N(Cc1ccc(C)cc1)C(=O)CCCN(c1ccc(C)cc1)S(C)(=O)=O. The molecule has 0 aliphatic rings. The van der Waals surface area contributed by atoms with Gasteiger partial charge in [0, 0.05) is 26.1 Å². The predicted molar refractivity (Wildman–Crippen MR) is 137 cm³/mol. The van der Waals surface area contributed by atoms with E-state index in [4.69, 9.17) is 0 Å². The summed E-state index contributed by atoms with van der Waals surface area (Å²) in [6, 6.07) is 14.6. The van der Waals surface area contributed by atoms with Crippen molar-refractivity contribution in [2.24, 2.45) is 0 Å². The van der Waals surface area contributed by atoms with Gasteiger partial charge in [-0.15, -0.1) is 0 Å². The number of likely N-dealkylation sites (N-methyl/N-ethyl adjacent to an activating group) is 1. The Labute approximate surface area is 204 Å². The smallest absolute Gasteiger partial charge is 0.242 e. The molecule has 0 bridgehead atoms. The van der Waals surface area contributed by atoms with E-state index in [2.05, 4.69) is 5.32 Å². The molecule has 0 radical (unpaired) electrons. The Morgan fingerprint density at radius 1 is 0.941 bits per heavy atom. The maximum absolute atomic E-state index is 13.3. The molecule has 7 nitrogen and oxygen atoms in total. The number of nitrogens with zero attached hydrogens (tertiary/aromatic N) is 2. The van der Waals surface area contributed by atoms with Gasteiger partial charge < -0.3 is 10.2 Å². The Morgan fingerprint density at radius 3 is 2.00 bits per heavy atom. The molecule has 0 fully saturated rings. The van der Waals surface area contributed by atoms with Crippen molar-refractivity contribution in [3.63, 3.8) is 0 Å². The van der Waals surface area contributed by atoms with Crippen LogP contribution in [0.4, 0.5) is 5.69 Å². The molecule has 34 heavy (non-hydrogen) atoms. The van der Waals surface area contributed by atoms with Gasteiger partial charge in [0.25, 0.3) is 0 Å². The maximum Gasteiger partial charge on any atom is 0.242 e. The molecule has 8 heteroatoms. The molecule has 2 aromatic carbocycles. The Morgan fingerprint density at radius 2 is 1.50 bits per heavy atom. The standard InChI is InChI=1S/C26H37N3O4S/c1-6-24(26(31)27-7-2)28(19-22-14-10-20(3)11-15-22)25(30)9-8-18-29(34(5,32)33)23-16-12-21(4)13-17-23/h10-17,24H,6-9,18-19H2,1-5H3,(H,27,31). The van der Waals surface area contributed by atoms with Gasteiger partial charge in [0.05, 0.1) is 11.9 Å². The number of carbonyl (C=O) groups is 2. The van der Waals surface area contributed by atoms with Crippen molar-refractivity contribution in [2.75, 3.05) is 23.7 Å². The normalized spacial score (nSPS) is 12.1. The van der Waals surface area contributed by atoms with E-state index in [1.807, 2.05) is 64.1 Å². The molecule has 0 heterocycles. The third kappa shape index (κ3) is 7.87. The highest BCUT2D eigenvalue weighted by atomic mass is 32.2. The van der Waals surface area contributed by atoms with Gasteiger partial charge in [-0.05, 0) is 51.3 Å². The number of benzene rings is 2. The zero-order chi connectivity index (χ0) is 25.3. The van der Waals surface area contributed by atoms with Crippen molar-refractivity contribution in [3.8, 4) is 0 Å². The summed E-state index contributed by atoms with van der Waals surface area (Å²) in [5.74, 6) is -0.348. The second-order valence-corrected chi connectivity index (χ2v) is 10.5. The number of sulfonamides is 1. The summed E-state index contributed by atoms with van der Waals surface area (Å²) in [6.07, 6.45) is 2.14. The molecule has 2 aromatic rings. The number of aryl methyl sites for hydroxylation is 2. The van der Waals surface area contributed by atoms with Gasteiger partial charge in [0.15, 0.2) is 0 Å². The molecule has 2 rings (SSSR count). The highest BCUT2D eigenvalue weighted by Crippen LogP contribution is 2.20. The Kier molecular flexibility index (Phi) is 10.1. The Hall–Kier alpha value is -2.87. The summed E-state index contributed by atoms with van der Waals surface area (Å²) in [7, 11) is -3.50. The third-order valence-corrected chi connectivity index (χ3v) is 6.88. The molecular weight excluding hydrogens is 450 g/mol. The van der Waals surface area contributed by atoms with Crippen LogP contribution in [0.2, 0.25) is 0 Å². The van der Waals surface area contributed by atoms with Crippen LogP contribution in [-0.4, -0.2) is 50.5 Å². The molecule has 0 aromatic heterocycles. The lowest BCUT2D eigenvalue weighted by molar-refractivity contribution is -0.141. The Balaban J connectivity index is 2.18. The molecule has 0 saturated carbocycles. The first-order valence-corrected chi connectivity index (χ1v) is 13.6. The fraction of sp³-hybridized carbons (Fsp3) is 0.462. The Bertz CT molecular complexity index is 1050. The summed E-state index contributed by atoms with van der Waals surface area (Å²) < 4.78 is 26.1. The molecule has 1 atom stereocenters. The van der Waals surface area contributed by atoms with E-state index in [1.54, 1.807) is 17.0 Å². The minimum Gasteiger partial charge on any atom is -0.355 e. The fourth-order valence-electron chi connectivity index (χ4n) is 3.82. The van der Waals surface area contributed by atoms with Crippen LogP contribution in [0.1, 0.15) is 49.8 Å². The summed E-state index contributed by atoms with van der Waals surface area (Å²) in [5.41, 5.74) is 3.68. The molecule has 0 spiro atoms. The molecule has 1 unspecified atom stereocenters. The summed E-state index contributed by atoms with van der Waals surface area (Å²) in [5, 5.41) is 2.83. The molecule has 1 N–H and O–H groups in total. The van der Waals surface area contributed by atoms with Gasteiger partial charge in [-0.3, -0.25) is 13.9 Å². The number of hydrogen-bond acceptors (Lipinski definition) is 4. The van der Waals surface area contributed by atoms with E-state index in [-0.39, 0.29) is 24.8 Å². The number of hydrogen-bond donors (Lipinski definition) is 1. The first-order chi connectivity index (χ1) is 16.1. The van der Waals surface area contributed by atoms with Crippen LogP contribution in [0.15, 0.2) is 48.5 Å². The highest BCUT2D eigenvalue weighted by molar-refractivity contribution is 7.92. The average molecular weight is 488 g/mol. The quantitative estimate of drug-likeness (QED) is 0.493. The predicted octanol–water partition coefficient (Wildman–Crippen LogP) is 3.79. The summed E-state index contributed by atoms with van der Waals surface area (Å²) in [4.78, 5) is 27.6. The lowest BCUT2D eigenvalue weighted by Gasteiger charge is -2.31. The van der Waals surface area contributed by atoms with Crippen molar-refractivity contribution in [2.45, 2.75) is 59.5 Å². The highest BCUT2D eigenvalue weighted by Gasteiger charge is 2.28. The van der Waals surface area contributed by atoms with Crippen molar-refractivity contribution < 1.29 is 18.0 Å². The minimum absolute atomic E-state index is 0.139. The van der Waals surface area contributed by atoms with Crippen molar-refractivity contribution in [3.05, 3.63) is 65.2 Å². The molecular formula is C26H37N3O4S. The zero-order valence-electron chi connectivity index (χ0n) is 20.9. The van der Waals surface area contributed by atoms with Crippen molar-refractivity contribution >= 4 is 27.5 Å². The van der Waals surface area contributed by atoms with Crippen LogP contribution >= 0.6 is 0 Å². The van der Waals surface area contributed by atoms with E-state index in [9.17, 15) is 18.0 Å². The van der Waals surface area contributed by atoms with E-state index < -0.39 is 16.1 Å². The zero-order valence-corrected chi connectivity index (χ0v) is 21.7. The van der Waals surface area contributed by atoms with Gasteiger partial charge >= 0.3 is 0 Å². The minimum atomic E-state index is -3.50. The fourth-order valence-corrected chi connectivity index (χ4v) is 4.78.